The average molecular weight is 154 g/mol. The Balaban J connectivity index is 2.76. The molecule has 0 spiro atoms. The lowest BCUT2D eigenvalue weighted by atomic mass is 10.4. The van der Waals surface area contributed by atoms with Crippen molar-refractivity contribution in [1.29, 1.82) is 0 Å². The molecule has 0 unspecified atom stereocenters. The van der Waals surface area contributed by atoms with Crippen molar-refractivity contribution in [1.82, 2.24) is 9.61 Å². The Bertz CT molecular complexity index is 338. The molecule has 2 rings (SSSR count). The molecule has 1 N–H and O–H groups in total. The largest absolute Gasteiger partial charge is 0.392 e. The lowest BCUT2D eigenvalue weighted by molar-refractivity contribution is 0.283. The first-order valence-electron chi connectivity index (χ1n) is 2.92. The number of hydrogen-bond acceptors (Lipinski definition) is 3. The van der Waals surface area contributed by atoms with E-state index < -0.39 is 0 Å². The van der Waals surface area contributed by atoms with Crippen LogP contribution in [0.5, 0.6) is 0 Å². The Hall–Kier alpha value is -0.870. The van der Waals surface area contributed by atoms with Gasteiger partial charge in [-0.1, -0.05) is 0 Å². The van der Waals surface area contributed by atoms with Crippen molar-refractivity contribution < 1.29 is 5.11 Å². The van der Waals surface area contributed by atoms with Crippen LogP contribution in [0.2, 0.25) is 0 Å². The van der Waals surface area contributed by atoms with Crippen LogP contribution in [0.3, 0.4) is 0 Å². The summed E-state index contributed by atoms with van der Waals surface area (Å²) in [7, 11) is 0. The molecule has 0 aliphatic rings. The minimum atomic E-state index is 0.0734. The van der Waals surface area contributed by atoms with Crippen molar-refractivity contribution in [2.75, 3.05) is 0 Å². The third-order valence-electron chi connectivity index (χ3n) is 1.37. The van der Waals surface area contributed by atoms with E-state index in [-0.39, 0.29) is 6.61 Å². The standard InChI is InChI=1S/C6H6N2OS/c9-4-5-3-7-8-1-2-10-6(5)8/h1-3,9H,4H2. The van der Waals surface area contributed by atoms with Crippen LogP contribution in [0.1, 0.15) is 5.56 Å². The Morgan fingerprint density at radius 1 is 1.70 bits per heavy atom. The number of fused-ring (bicyclic) bond motifs is 1. The van der Waals surface area contributed by atoms with Gasteiger partial charge in [0.2, 0.25) is 0 Å². The highest BCUT2D eigenvalue weighted by Gasteiger charge is 2.01. The zero-order valence-corrected chi connectivity index (χ0v) is 6.01. The van der Waals surface area contributed by atoms with Crippen LogP contribution >= 0.6 is 11.3 Å². The summed E-state index contributed by atoms with van der Waals surface area (Å²) in [4.78, 5) is 1.03. The van der Waals surface area contributed by atoms with Crippen LogP contribution in [0.4, 0.5) is 0 Å². The van der Waals surface area contributed by atoms with Gasteiger partial charge in [-0.2, -0.15) is 5.10 Å². The molecule has 2 aromatic heterocycles. The summed E-state index contributed by atoms with van der Waals surface area (Å²) in [6.07, 6.45) is 3.56. The van der Waals surface area contributed by atoms with Gasteiger partial charge in [-0.25, -0.2) is 4.52 Å². The Kier molecular flexibility index (Phi) is 1.22. The summed E-state index contributed by atoms with van der Waals surface area (Å²) in [6.45, 7) is 0.0734. The molecular formula is C6H6N2OS. The lowest BCUT2D eigenvalue weighted by Crippen LogP contribution is -1.77. The number of nitrogens with zero attached hydrogens (tertiary/aromatic N) is 2. The number of aromatic nitrogens is 2. The molecule has 0 saturated heterocycles. The van der Waals surface area contributed by atoms with Crippen LogP contribution in [-0.4, -0.2) is 14.7 Å². The van der Waals surface area contributed by atoms with Gasteiger partial charge >= 0.3 is 0 Å². The van der Waals surface area contributed by atoms with Gasteiger partial charge in [-0.05, 0) is 0 Å². The molecular weight excluding hydrogens is 148 g/mol. The molecule has 2 aromatic rings. The van der Waals surface area contributed by atoms with Crippen molar-refractivity contribution in [3.63, 3.8) is 0 Å². The first kappa shape index (κ1) is 5.88. The fraction of sp³-hybridized carbons (Fsp3) is 0.167. The second-order valence-corrected chi connectivity index (χ2v) is 2.88. The van der Waals surface area contributed by atoms with Gasteiger partial charge in [0.05, 0.1) is 12.8 Å². The zero-order valence-electron chi connectivity index (χ0n) is 5.19. The second kappa shape index (κ2) is 2.07. The van der Waals surface area contributed by atoms with Crippen LogP contribution < -0.4 is 0 Å². The van der Waals surface area contributed by atoms with E-state index in [2.05, 4.69) is 5.10 Å². The normalized spacial score (nSPS) is 10.9. The maximum atomic E-state index is 8.80. The molecule has 3 nitrogen and oxygen atoms in total. The minimum Gasteiger partial charge on any atom is -0.392 e. The summed E-state index contributed by atoms with van der Waals surface area (Å²) in [5.74, 6) is 0. The predicted molar refractivity (Wildman–Crippen MR) is 39.0 cm³/mol. The number of rotatable bonds is 1. The van der Waals surface area contributed by atoms with Gasteiger partial charge in [-0.3, -0.25) is 0 Å². The van der Waals surface area contributed by atoms with Crippen LogP contribution in [0.25, 0.3) is 4.83 Å². The molecule has 0 aromatic carbocycles. The molecule has 0 saturated carbocycles. The molecule has 0 aliphatic carbocycles. The molecule has 0 aliphatic heterocycles. The molecule has 52 valence electrons. The summed E-state index contributed by atoms with van der Waals surface area (Å²) in [6, 6.07) is 0. The van der Waals surface area contributed by atoms with E-state index in [0.717, 1.165) is 10.4 Å². The molecule has 0 fully saturated rings. The van der Waals surface area contributed by atoms with E-state index >= 15 is 0 Å². The molecule has 10 heavy (non-hydrogen) atoms. The topological polar surface area (TPSA) is 37.5 Å². The third-order valence-corrected chi connectivity index (χ3v) is 2.30. The second-order valence-electron chi connectivity index (χ2n) is 1.98. The van der Waals surface area contributed by atoms with Gasteiger partial charge in [0, 0.05) is 17.1 Å². The van der Waals surface area contributed by atoms with Crippen molar-refractivity contribution in [3.8, 4) is 0 Å². The zero-order chi connectivity index (χ0) is 6.97. The highest BCUT2D eigenvalue weighted by atomic mass is 32.1. The number of aliphatic hydroxyl groups is 1. The van der Waals surface area contributed by atoms with Crippen LogP contribution in [0, 0.1) is 0 Å². The SMILES string of the molecule is OCc1cnn2ccsc12. The van der Waals surface area contributed by atoms with Crippen molar-refractivity contribution in [2.45, 2.75) is 6.61 Å². The van der Waals surface area contributed by atoms with Crippen molar-refractivity contribution in [3.05, 3.63) is 23.3 Å². The molecule has 0 atom stereocenters. The van der Waals surface area contributed by atoms with Gasteiger partial charge in [0.1, 0.15) is 4.83 Å². The summed E-state index contributed by atoms with van der Waals surface area (Å²) in [5.41, 5.74) is 0.898. The molecule has 2 heterocycles. The van der Waals surface area contributed by atoms with Gasteiger partial charge < -0.3 is 5.11 Å². The van der Waals surface area contributed by atoms with E-state index in [4.69, 9.17) is 5.11 Å². The smallest absolute Gasteiger partial charge is 0.124 e. The summed E-state index contributed by atoms with van der Waals surface area (Å²) < 4.78 is 1.76. The van der Waals surface area contributed by atoms with Crippen LogP contribution in [0.15, 0.2) is 17.8 Å². The van der Waals surface area contributed by atoms with E-state index in [1.807, 2.05) is 11.6 Å². The van der Waals surface area contributed by atoms with Gasteiger partial charge in [0.15, 0.2) is 0 Å². The number of hydrogen-bond donors (Lipinski definition) is 1. The quantitative estimate of drug-likeness (QED) is 0.662. The lowest BCUT2D eigenvalue weighted by Gasteiger charge is -1.83. The molecule has 0 radical (unpaired) electrons. The highest BCUT2D eigenvalue weighted by molar-refractivity contribution is 7.15. The molecule has 0 bridgehead atoms. The monoisotopic (exact) mass is 154 g/mol. The minimum absolute atomic E-state index is 0.0734. The van der Waals surface area contributed by atoms with E-state index in [9.17, 15) is 0 Å². The first-order chi connectivity index (χ1) is 4.92. The first-order valence-corrected chi connectivity index (χ1v) is 3.80. The van der Waals surface area contributed by atoms with E-state index in [1.165, 1.54) is 0 Å². The summed E-state index contributed by atoms with van der Waals surface area (Å²) in [5, 5.41) is 14.8. The van der Waals surface area contributed by atoms with Crippen molar-refractivity contribution in [2.24, 2.45) is 0 Å². The Morgan fingerprint density at radius 2 is 2.60 bits per heavy atom. The predicted octanol–water partition coefficient (Wildman–Crippen LogP) is 0.888. The van der Waals surface area contributed by atoms with E-state index in [1.54, 1.807) is 22.0 Å². The fourth-order valence-electron chi connectivity index (χ4n) is 0.884. The number of aliphatic hydroxyl groups excluding tert-OH is 1. The number of thiazole rings is 1. The third kappa shape index (κ3) is 0.661. The summed E-state index contributed by atoms with van der Waals surface area (Å²) >= 11 is 1.59. The maximum Gasteiger partial charge on any atom is 0.124 e. The van der Waals surface area contributed by atoms with Crippen molar-refractivity contribution >= 4 is 16.2 Å². The molecule has 0 amide bonds. The highest BCUT2D eigenvalue weighted by Crippen LogP contribution is 2.15. The average Bonchev–Trinajstić information content (AvgIpc) is 2.44. The van der Waals surface area contributed by atoms with Gasteiger partial charge in [-0.15, -0.1) is 11.3 Å². The fourth-order valence-corrected chi connectivity index (χ4v) is 1.67. The van der Waals surface area contributed by atoms with Gasteiger partial charge in [0.25, 0.3) is 0 Å². The Labute approximate surface area is 61.5 Å². The Morgan fingerprint density at radius 3 is 3.40 bits per heavy atom. The maximum absolute atomic E-state index is 8.80. The molecule has 4 heteroatoms. The van der Waals surface area contributed by atoms with E-state index in [0.29, 0.717) is 0 Å². The van der Waals surface area contributed by atoms with Crippen LogP contribution in [-0.2, 0) is 6.61 Å².